The third-order valence-corrected chi connectivity index (χ3v) is 1.80. The summed E-state index contributed by atoms with van der Waals surface area (Å²) in [5.41, 5.74) is 0.883. The Hall–Kier alpha value is -1.76. The maximum absolute atomic E-state index is 4.94. The molecule has 0 bridgehead atoms. The Labute approximate surface area is 86.5 Å². The lowest BCUT2D eigenvalue weighted by Crippen LogP contribution is -2.13. The molecule has 1 N–H and O–H groups in total. The third kappa shape index (κ3) is 2.59. The Bertz CT molecular complexity index is 394. The topological polar surface area (TPSA) is 81.7 Å². The summed E-state index contributed by atoms with van der Waals surface area (Å²) < 4.78 is 6.60. The molecule has 7 nitrogen and oxygen atoms in total. The van der Waals surface area contributed by atoms with E-state index in [0.717, 1.165) is 5.69 Å². The van der Waals surface area contributed by atoms with Crippen molar-refractivity contribution >= 4 is 0 Å². The molecule has 0 aliphatic heterocycles. The number of rotatable bonds is 4. The Balaban J connectivity index is 1.80. The van der Waals surface area contributed by atoms with Gasteiger partial charge in [0.1, 0.15) is 0 Å². The van der Waals surface area contributed by atoms with Crippen molar-refractivity contribution in [2.24, 2.45) is 7.05 Å². The zero-order chi connectivity index (χ0) is 10.7. The number of aryl methyl sites for hydroxylation is 2. The van der Waals surface area contributed by atoms with Gasteiger partial charge in [-0.05, 0) is 6.92 Å². The lowest BCUT2D eigenvalue weighted by molar-refractivity contribution is 0.363. The lowest BCUT2D eigenvalue weighted by Gasteiger charge is -1.96. The summed E-state index contributed by atoms with van der Waals surface area (Å²) in [6.45, 7) is 2.96. The molecule has 15 heavy (non-hydrogen) atoms. The highest BCUT2D eigenvalue weighted by molar-refractivity contribution is 4.91. The van der Waals surface area contributed by atoms with Gasteiger partial charge in [0.2, 0.25) is 5.89 Å². The van der Waals surface area contributed by atoms with Crippen molar-refractivity contribution in [2.45, 2.75) is 20.0 Å². The lowest BCUT2D eigenvalue weighted by atomic mass is 10.4. The molecule has 0 unspecified atom stereocenters. The minimum atomic E-state index is 0.539. The van der Waals surface area contributed by atoms with Crippen LogP contribution in [0, 0.1) is 6.92 Å². The Morgan fingerprint density at radius 2 is 2.33 bits per heavy atom. The third-order valence-electron chi connectivity index (χ3n) is 1.80. The molecule has 2 aromatic rings. The van der Waals surface area contributed by atoms with Gasteiger partial charge in [0, 0.05) is 19.8 Å². The van der Waals surface area contributed by atoms with Crippen molar-refractivity contribution in [1.29, 1.82) is 0 Å². The molecule has 0 saturated carbocycles. The predicted octanol–water partition coefficient (Wildman–Crippen LogP) is -0.204. The van der Waals surface area contributed by atoms with Gasteiger partial charge in [-0.15, -0.1) is 5.10 Å². The van der Waals surface area contributed by atoms with E-state index in [0.29, 0.717) is 24.8 Å². The molecule has 2 heterocycles. The van der Waals surface area contributed by atoms with E-state index < -0.39 is 0 Å². The molecule has 0 atom stereocenters. The summed E-state index contributed by atoms with van der Waals surface area (Å²) in [6.07, 6.45) is 1.85. The fourth-order valence-electron chi connectivity index (χ4n) is 1.19. The molecule has 0 aromatic carbocycles. The molecule has 0 spiro atoms. The van der Waals surface area contributed by atoms with E-state index in [2.05, 4.69) is 25.8 Å². The van der Waals surface area contributed by atoms with E-state index in [1.54, 1.807) is 11.6 Å². The number of nitrogens with zero attached hydrogens (tertiary/aromatic N) is 5. The van der Waals surface area contributed by atoms with E-state index in [-0.39, 0.29) is 0 Å². The van der Waals surface area contributed by atoms with Crippen LogP contribution in [0.2, 0.25) is 0 Å². The average molecular weight is 208 g/mol. The van der Waals surface area contributed by atoms with Crippen LogP contribution in [0.1, 0.15) is 17.4 Å². The number of nitrogens with one attached hydrogen (secondary N) is 1. The highest BCUT2D eigenvalue weighted by Gasteiger charge is 2.02. The van der Waals surface area contributed by atoms with Crippen LogP contribution in [-0.4, -0.2) is 25.1 Å². The van der Waals surface area contributed by atoms with Gasteiger partial charge in [0.05, 0.1) is 12.2 Å². The fraction of sp³-hybridized carbons (Fsp3) is 0.500. The zero-order valence-corrected chi connectivity index (χ0v) is 8.64. The normalized spacial score (nSPS) is 10.8. The van der Waals surface area contributed by atoms with E-state index in [9.17, 15) is 0 Å². The molecule has 0 amide bonds. The van der Waals surface area contributed by atoms with E-state index >= 15 is 0 Å². The Kier molecular flexibility index (Phi) is 2.72. The van der Waals surface area contributed by atoms with Crippen LogP contribution in [0.5, 0.6) is 0 Å². The number of aromatic nitrogens is 5. The standard InChI is InChI=1S/C8H12N6O/c1-6-10-8(15-12-6)4-9-3-7-5-14(2)13-11-7/h5,9H,3-4H2,1-2H3. The van der Waals surface area contributed by atoms with Gasteiger partial charge in [-0.25, -0.2) is 0 Å². The van der Waals surface area contributed by atoms with Crippen molar-refractivity contribution < 1.29 is 4.52 Å². The van der Waals surface area contributed by atoms with Crippen molar-refractivity contribution in [3.8, 4) is 0 Å². The smallest absolute Gasteiger partial charge is 0.240 e. The largest absolute Gasteiger partial charge is 0.338 e. The molecular weight excluding hydrogens is 196 g/mol. The van der Waals surface area contributed by atoms with Gasteiger partial charge in [0.25, 0.3) is 0 Å². The maximum Gasteiger partial charge on any atom is 0.240 e. The van der Waals surface area contributed by atoms with Crippen molar-refractivity contribution in [3.63, 3.8) is 0 Å². The Morgan fingerprint density at radius 1 is 1.47 bits per heavy atom. The summed E-state index contributed by atoms with van der Waals surface area (Å²) in [5, 5.41) is 14.6. The van der Waals surface area contributed by atoms with E-state index in [1.807, 2.05) is 13.2 Å². The van der Waals surface area contributed by atoms with Gasteiger partial charge in [-0.1, -0.05) is 10.4 Å². The summed E-state index contributed by atoms with van der Waals surface area (Å²) in [7, 11) is 1.83. The van der Waals surface area contributed by atoms with E-state index in [4.69, 9.17) is 4.52 Å². The van der Waals surface area contributed by atoms with Crippen molar-refractivity contribution in [1.82, 2.24) is 30.5 Å². The van der Waals surface area contributed by atoms with Crippen LogP contribution in [0.4, 0.5) is 0 Å². The van der Waals surface area contributed by atoms with Crippen LogP contribution in [0.15, 0.2) is 10.7 Å². The fourth-order valence-corrected chi connectivity index (χ4v) is 1.19. The second-order valence-electron chi connectivity index (χ2n) is 3.22. The predicted molar refractivity (Wildman–Crippen MR) is 50.6 cm³/mol. The first-order valence-electron chi connectivity index (χ1n) is 4.59. The van der Waals surface area contributed by atoms with Crippen molar-refractivity contribution in [2.75, 3.05) is 0 Å². The first kappa shape index (κ1) is 9.78. The Morgan fingerprint density at radius 3 is 2.93 bits per heavy atom. The van der Waals surface area contributed by atoms with Gasteiger partial charge in [-0.2, -0.15) is 4.98 Å². The quantitative estimate of drug-likeness (QED) is 0.749. The van der Waals surface area contributed by atoms with Crippen LogP contribution in [0.25, 0.3) is 0 Å². The molecule has 0 aliphatic carbocycles. The second kappa shape index (κ2) is 4.18. The molecule has 0 fully saturated rings. The van der Waals surface area contributed by atoms with Crippen LogP contribution in [0.3, 0.4) is 0 Å². The van der Waals surface area contributed by atoms with Gasteiger partial charge in [-0.3, -0.25) is 4.68 Å². The van der Waals surface area contributed by atoms with Crippen LogP contribution in [-0.2, 0) is 20.1 Å². The maximum atomic E-state index is 4.94. The molecule has 7 heteroatoms. The van der Waals surface area contributed by atoms with Gasteiger partial charge in [0.15, 0.2) is 5.82 Å². The zero-order valence-electron chi connectivity index (χ0n) is 8.64. The first-order chi connectivity index (χ1) is 7.24. The molecular formula is C8H12N6O. The highest BCUT2D eigenvalue weighted by Crippen LogP contribution is 1.96. The second-order valence-corrected chi connectivity index (χ2v) is 3.22. The molecule has 0 saturated heterocycles. The van der Waals surface area contributed by atoms with Crippen LogP contribution < -0.4 is 5.32 Å². The monoisotopic (exact) mass is 208 g/mol. The van der Waals surface area contributed by atoms with Crippen LogP contribution >= 0.6 is 0 Å². The van der Waals surface area contributed by atoms with Gasteiger partial charge >= 0.3 is 0 Å². The molecule has 0 radical (unpaired) electrons. The minimum absolute atomic E-state index is 0.539. The first-order valence-corrected chi connectivity index (χ1v) is 4.59. The average Bonchev–Trinajstić information content (AvgIpc) is 2.76. The highest BCUT2D eigenvalue weighted by atomic mass is 16.5. The molecule has 0 aliphatic rings. The minimum Gasteiger partial charge on any atom is -0.338 e. The molecule has 80 valence electrons. The number of hydrogen-bond donors (Lipinski definition) is 1. The van der Waals surface area contributed by atoms with Gasteiger partial charge < -0.3 is 9.84 Å². The molecule has 2 rings (SSSR count). The summed E-state index contributed by atoms with van der Waals surface area (Å²) in [6, 6.07) is 0. The summed E-state index contributed by atoms with van der Waals surface area (Å²) in [5.74, 6) is 1.22. The van der Waals surface area contributed by atoms with Crippen molar-refractivity contribution in [3.05, 3.63) is 23.6 Å². The number of hydrogen-bond acceptors (Lipinski definition) is 6. The molecule has 2 aromatic heterocycles. The SMILES string of the molecule is Cc1noc(CNCc2cn(C)nn2)n1. The van der Waals surface area contributed by atoms with E-state index in [1.165, 1.54) is 0 Å². The summed E-state index contributed by atoms with van der Waals surface area (Å²) >= 11 is 0. The summed E-state index contributed by atoms with van der Waals surface area (Å²) in [4.78, 5) is 4.07.